The molecule has 0 aromatic heterocycles. The molecular formula is C16H28O2. The lowest BCUT2D eigenvalue weighted by atomic mass is 9.66. The number of ether oxygens (including phenoxy) is 1. The molecule has 0 aromatic rings. The fraction of sp³-hybridized carbons (Fsp3) is 0.938. The van der Waals surface area contributed by atoms with Crippen LogP contribution in [0.2, 0.25) is 0 Å². The molecular weight excluding hydrogens is 224 g/mol. The maximum absolute atomic E-state index is 11.9. The topological polar surface area (TPSA) is 26.3 Å². The standard InChI is InChI=1S/C16H28O2/c1-11(2)10-18-14(17)9-13-8-12-6-7-16(13,5)15(12,3)4/h11-13H,6-10H2,1-5H3. The zero-order chi connectivity index (χ0) is 13.6. The molecule has 18 heavy (non-hydrogen) atoms. The number of rotatable bonds is 4. The van der Waals surface area contributed by atoms with Gasteiger partial charge in [0.15, 0.2) is 0 Å². The molecule has 0 spiro atoms. The molecule has 0 aromatic carbocycles. The number of esters is 1. The number of carbonyl (C=O) groups excluding carboxylic acids is 1. The molecule has 2 heteroatoms. The lowest BCUT2D eigenvalue weighted by molar-refractivity contribution is -0.147. The van der Waals surface area contributed by atoms with Gasteiger partial charge in [-0.2, -0.15) is 0 Å². The Morgan fingerprint density at radius 1 is 1.33 bits per heavy atom. The molecule has 0 radical (unpaired) electrons. The summed E-state index contributed by atoms with van der Waals surface area (Å²) in [6, 6.07) is 0. The summed E-state index contributed by atoms with van der Waals surface area (Å²) in [7, 11) is 0. The molecule has 3 unspecified atom stereocenters. The highest BCUT2D eigenvalue weighted by Gasteiger charge is 2.61. The summed E-state index contributed by atoms with van der Waals surface area (Å²) in [5.41, 5.74) is 0.741. The van der Waals surface area contributed by atoms with Crippen molar-refractivity contribution >= 4 is 5.97 Å². The first-order valence-corrected chi connectivity index (χ1v) is 7.43. The molecule has 0 saturated heterocycles. The second-order valence-electron chi connectivity index (χ2n) is 7.59. The van der Waals surface area contributed by atoms with Gasteiger partial charge in [0.1, 0.15) is 0 Å². The van der Waals surface area contributed by atoms with Crippen LogP contribution in [0, 0.1) is 28.6 Å². The van der Waals surface area contributed by atoms with E-state index in [-0.39, 0.29) is 5.97 Å². The number of carbonyl (C=O) groups is 1. The Kier molecular flexibility index (Phi) is 3.50. The van der Waals surface area contributed by atoms with Crippen molar-refractivity contribution in [3.63, 3.8) is 0 Å². The maximum atomic E-state index is 11.9. The molecule has 2 saturated carbocycles. The lowest BCUT2D eigenvalue weighted by Crippen LogP contribution is -2.33. The number of fused-ring (bicyclic) bond motifs is 2. The van der Waals surface area contributed by atoms with Gasteiger partial charge in [-0.25, -0.2) is 0 Å². The smallest absolute Gasteiger partial charge is 0.306 e. The Balaban J connectivity index is 1.94. The van der Waals surface area contributed by atoms with Crippen LogP contribution in [0.15, 0.2) is 0 Å². The van der Waals surface area contributed by atoms with E-state index in [9.17, 15) is 4.79 Å². The van der Waals surface area contributed by atoms with E-state index in [1.54, 1.807) is 0 Å². The van der Waals surface area contributed by atoms with Gasteiger partial charge in [-0.1, -0.05) is 34.6 Å². The van der Waals surface area contributed by atoms with Crippen molar-refractivity contribution in [2.75, 3.05) is 6.61 Å². The fourth-order valence-electron chi connectivity index (χ4n) is 4.20. The first-order chi connectivity index (χ1) is 8.27. The van der Waals surface area contributed by atoms with Crippen molar-refractivity contribution in [3.05, 3.63) is 0 Å². The summed E-state index contributed by atoms with van der Waals surface area (Å²) in [5.74, 6) is 1.79. The van der Waals surface area contributed by atoms with Gasteiger partial charge < -0.3 is 4.74 Å². The third-order valence-electron chi connectivity index (χ3n) is 5.97. The second-order valence-corrected chi connectivity index (χ2v) is 7.59. The van der Waals surface area contributed by atoms with E-state index in [1.165, 1.54) is 19.3 Å². The Labute approximate surface area is 111 Å². The maximum Gasteiger partial charge on any atom is 0.306 e. The van der Waals surface area contributed by atoms with Crippen LogP contribution in [0.4, 0.5) is 0 Å². The van der Waals surface area contributed by atoms with Crippen LogP contribution in [0.3, 0.4) is 0 Å². The minimum Gasteiger partial charge on any atom is -0.465 e. The highest BCUT2D eigenvalue weighted by Crippen LogP contribution is 2.68. The average molecular weight is 252 g/mol. The van der Waals surface area contributed by atoms with Crippen molar-refractivity contribution in [2.24, 2.45) is 28.6 Å². The third-order valence-corrected chi connectivity index (χ3v) is 5.97. The lowest BCUT2D eigenvalue weighted by Gasteiger charge is -2.39. The molecule has 2 bridgehead atoms. The van der Waals surface area contributed by atoms with E-state index in [1.807, 2.05) is 0 Å². The molecule has 2 aliphatic carbocycles. The van der Waals surface area contributed by atoms with Crippen molar-refractivity contribution in [2.45, 2.75) is 60.3 Å². The van der Waals surface area contributed by atoms with Gasteiger partial charge in [0, 0.05) is 6.42 Å². The number of hydrogen-bond acceptors (Lipinski definition) is 2. The molecule has 0 heterocycles. The Bertz CT molecular complexity index is 332. The summed E-state index contributed by atoms with van der Waals surface area (Å²) < 4.78 is 5.35. The second kappa shape index (κ2) is 4.54. The van der Waals surface area contributed by atoms with Gasteiger partial charge >= 0.3 is 5.97 Å². The summed E-state index contributed by atoms with van der Waals surface area (Å²) in [5, 5.41) is 0. The van der Waals surface area contributed by atoms with Gasteiger partial charge in [-0.3, -0.25) is 4.79 Å². The van der Waals surface area contributed by atoms with Crippen molar-refractivity contribution < 1.29 is 9.53 Å². The van der Waals surface area contributed by atoms with E-state index in [0.717, 1.165) is 5.92 Å². The SMILES string of the molecule is CC(C)COC(=O)CC1CC2CCC1(C)C2(C)C. The van der Waals surface area contributed by atoms with Gasteiger partial charge in [0.2, 0.25) is 0 Å². The molecule has 2 rings (SSSR count). The largest absolute Gasteiger partial charge is 0.465 e. The summed E-state index contributed by atoms with van der Waals surface area (Å²) in [4.78, 5) is 11.9. The third kappa shape index (κ3) is 2.08. The Morgan fingerprint density at radius 3 is 2.44 bits per heavy atom. The van der Waals surface area contributed by atoms with E-state index >= 15 is 0 Å². The van der Waals surface area contributed by atoms with E-state index < -0.39 is 0 Å². The van der Waals surface area contributed by atoms with Crippen LogP contribution < -0.4 is 0 Å². The molecule has 104 valence electrons. The fourth-order valence-corrected chi connectivity index (χ4v) is 4.20. The van der Waals surface area contributed by atoms with Crippen LogP contribution in [0.1, 0.15) is 60.3 Å². The van der Waals surface area contributed by atoms with Crippen molar-refractivity contribution in [1.29, 1.82) is 0 Å². The highest BCUT2D eigenvalue weighted by atomic mass is 16.5. The predicted molar refractivity (Wildman–Crippen MR) is 73.1 cm³/mol. The van der Waals surface area contributed by atoms with Gasteiger partial charge in [-0.05, 0) is 47.8 Å². The van der Waals surface area contributed by atoms with E-state index in [0.29, 0.717) is 35.7 Å². The minimum atomic E-state index is 0.0123. The van der Waals surface area contributed by atoms with Crippen molar-refractivity contribution in [1.82, 2.24) is 0 Å². The minimum absolute atomic E-state index is 0.0123. The van der Waals surface area contributed by atoms with Gasteiger partial charge in [-0.15, -0.1) is 0 Å². The summed E-state index contributed by atoms with van der Waals surface area (Å²) in [6.07, 6.45) is 4.48. The summed E-state index contributed by atoms with van der Waals surface area (Å²) in [6.45, 7) is 11.9. The van der Waals surface area contributed by atoms with Gasteiger partial charge in [0.05, 0.1) is 6.61 Å². The average Bonchev–Trinajstić information content (AvgIpc) is 2.59. The molecule has 0 amide bonds. The Hall–Kier alpha value is -0.530. The first kappa shape index (κ1) is 13.9. The summed E-state index contributed by atoms with van der Waals surface area (Å²) >= 11 is 0. The molecule has 2 aliphatic rings. The number of hydrogen-bond donors (Lipinski definition) is 0. The molecule has 0 N–H and O–H groups in total. The molecule has 2 nitrogen and oxygen atoms in total. The molecule has 2 fully saturated rings. The molecule has 0 aliphatic heterocycles. The van der Waals surface area contributed by atoms with E-state index in [2.05, 4.69) is 34.6 Å². The van der Waals surface area contributed by atoms with Crippen LogP contribution in [0.25, 0.3) is 0 Å². The zero-order valence-electron chi connectivity index (χ0n) is 12.6. The van der Waals surface area contributed by atoms with Crippen LogP contribution in [-0.2, 0) is 9.53 Å². The Morgan fingerprint density at radius 2 is 2.00 bits per heavy atom. The van der Waals surface area contributed by atoms with Crippen molar-refractivity contribution in [3.8, 4) is 0 Å². The zero-order valence-corrected chi connectivity index (χ0v) is 12.6. The van der Waals surface area contributed by atoms with Crippen LogP contribution >= 0.6 is 0 Å². The predicted octanol–water partition coefficient (Wildman–Crippen LogP) is 4.04. The normalized spacial score (nSPS) is 37.2. The monoisotopic (exact) mass is 252 g/mol. The first-order valence-electron chi connectivity index (χ1n) is 7.43. The molecule has 3 atom stereocenters. The van der Waals surface area contributed by atoms with E-state index in [4.69, 9.17) is 4.74 Å². The van der Waals surface area contributed by atoms with Crippen LogP contribution in [0.5, 0.6) is 0 Å². The van der Waals surface area contributed by atoms with Crippen LogP contribution in [-0.4, -0.2) is 12.6 Å². The highest BCUT2D eigenvalue weighted by molar-refractivity contribution is 5.70. The van der Waals surface area contributed by atoms with Gasteiger partial charge in [0.25, 0.3) is 0 Å². The quantitative estimate of drug-likeness (QED) is 0.706.